The van der Waals surface area contributed by atoms with Crippen molar-refractivity contribution >= 4 is 46.2 Å². The van der Waals surface area contributed by atoms with Crippen molar-refractivity contribution in [3.63, 3.8) is 0 Å². The molecule has 0 bridgehead atoms. The van der Waals surface area contributed by atoms with E-state index in [0.29, 0.717) is 0 Å². The molecule has 9 rings (SSSR count). The topological polar surface area (TPSA) is 6.48 Å². The van der Waals surface area contributed by atoms with Gasteiger partial charge < -0.3 is 9.71 Å². The lowest BCUT2D eigenvalue weighted by atomic mass is 9.41. The summed E-state index contributed by atoms with van der Waals surface area (Å²) in [5.41, 5.74) is 19.0. The number of fused-ring (bicyclic) bond motifs is 8. The molecule has 0 saturated heterocycles. The first-order valence-electron chi connectivity index (χ1n) is 14.5. The zero-order chi connectivity index (χ0) is 27.1. The van der Waals surface area contributed by atoms with Gasteiger partial charge in [-0.1, -0.05) is 107 Å². The van der Waals surface area contributed by atoms with Gasteiger partial charge in [-0.3, -0.25) is 0 Å². The highest BCUT2D eigenvalue weighted by Gasteiger charge is 2.52. The number of benzene rings is 5. The second-order valence-electron chi connectivity index (χ2n) is 13.1. The number of nitrogens with zero attached hydrogens (tertiary/aromatic N) is 2. The van der Waals surface area contributed by atoms with E-state index in [0.717, 1.165) is 0 Å². The van der Waals surface area contributed by atoms with Crippen LogP contribution in [0.3, 0.4) is 0 Å². The highest BCUT2D eigenvalue weighted by atomic mass is 15.2. The van der Waals surface area contributed by atoms with Crippen LogP contribution in [0.15, 0.2) is 97.1 Å². The molecule has 0 spiro atoms. The zero-order valence-electron chi connectivity index (χ0n) is 23.7. The molecule has 2 nitrogen and oxygen atoms in total. The predicted molar refractivity (Wildman–Crippen MR) is 169 cm³/mol. The van der Waals surface area contributed by atoms with E-state index < -0.39 is 0 Å². The normalized spacial score (nSPS) is 17.4. The standard InChI is InChI=1S/C37H31BN2/c1-22-20-24-23-12-10-15-27-34(23)40(31-19-9-7-14-26(31)37(27,4)5)38-29-17-11-16-28-35(29)39(32(21-22)33(24)38)30-18-8-6-13-25(30)36(28,2)3/h6-21H,1-5H3. The van der Waals surface area contributed by atoms with Gasteiger partial charge in [0.15, 0.2) is 0 Å². The van der Waals surface area contributed by atoms with E-state index in [9.17, 15) is 0 Å². The molecule has 4 heterocycles. The van der Waals surface area contributed by atoms with Crippen molar-refractivity contribution in [3.8, 4) is 11.1 Å². The summed E-state index contributed by atoms with van der Waals surface area (Å²) in [6.45, 7) is 11.9. The van der Waals surface area contributed by atoms with E-state index in [4.69, 9.17) is 0 Å². The fourth-order valence-corrected chi connectivity index (χ4v) is 8.42. The van der Waals surface area contributed by atoms with Crippen LogP contribution in [0.5, 0.6) is 0 Å². The Labute approximate surface area is 237 Å². The first-order chi connectivity index (χ1) is 19.3. The molecule has 0 unspecified atom stereocenters. The zero-order valence-corrected chi connectivity index (χ0v) is 23.7. The van der Waals surface area contributed by atoms with Gasteiger partial charge in [-0.25, -0.2) is 0 Å². The molecule has 0 saturated carbocycles. The van der Waals surface area contributed by atoms with Crippen molar-refractivity contribution in [1.82, 2.24) is 0 Å². The number of hydrogen-bond acceptors (Lipinski definition) is 2. The first-order valence-corrected chi connectivity index (χ1v) is 14.5. The summed E-state index contributed by atoms with van der Waals surface area (Å²) < 4.78 is 0. The summed E-state index contributed by atoms with van der Waals surface area (Å²) >= 11 is 0. The molecule has 0 atom stereocenters. The van der Waals surface area contributed by atoms with E-state index in [1.165, 1.54) is 78.3 Å². The van der Waals surface area contributed by atoms with Gasteiger partial charge in [0.2, 0.25) is 0 Å². The maximum Gasteiger partial charge on any atom is 0.333 e. The van der Waals surface area contributed by atoms with Crippen LogP contribution in [0.1, 0.15) is 55.5 Å². The van der Waals surface area contributed by atoms with Crippen LogP contribution < -0.4 is 20.6 Å². The largest absolute Gasteiger partial charge is 0.376 e. The number of aryl methyl sites for hydroxylation is 1. The Kier molecular flexibility index (Phi) is 4.00. The Morgan fingerprint density at radius 2 is 1.15 bits per heavy atom. The van der Waals surface area contributed by atoms with Gasteiger partial charge in [-0.2, -0.15) is 0 Å². The van der Waals surface area contributed by atoms with E-state index in [2.05, 4.69) is 141 Å². The molecular weight excluding hydrogens is 483 g/mol. The van der Waals surface area contributed by atoms with Crippen LogP contribution >= 0.6 is 0 Å². The lowest BCUT2D eigenvalue weighted by molar-refractivity contribution is 0.632. The van der Waals surface area contributed by atoms with Crippen LogP contribution in [0.4, 0.5) is 28.4 Å². The molecule has 3 heteroatoms. The summed E-state index contributed by atoms with van der Waals surface area (Å²) in [6.07, 6.45) is 0. The molecule has 5 aromatic rings. The van der Waals surface area contributed by atoms with Crippen molar-refractivity contribution < 1.29 is 0 Å². The smallest absolute Gasteiger partial charge is 0.333 e. The second-order valence-corrected chi connectivity index (χ2v) is 13.1. The highest BCUT2D eigenvalue weighted by Crippen LogP contribution is 2.58. The lowest BCUT2D eigenvalue weighted by Gasteiger charge is -2.53. The van der Waals surface area contributed by atoms with Crippen LogP contribution in [0, 0.1) is 6.92 Å². The summed E-state index contributed by atoms with van der Waals surface area (Å²) in [4.78, 5) is 5.27. The number of rotatable bonds is 0. The second kappa shape index (κ2) is 7.09. The summed E-state index contributed by atoms with van der Waals surface area (Å²) in [5, 5.41) is 0. The summed E-state index contributed by atoms with van der Waals surface area (Å²) in [7, 11) is 0. The lowest BCUT2D eigenvalue weighted by Crippen LogP contribution is -2.63. The Morgan fingerprint density at radius 3 is 1.90 bits per heavy atom. The Bertz CT molecular complexity index is 1950. The van der Waals surface area contributed by atoms with Crippen LogP contribution in [0.25, 0.3) is 11.1 Å². The average Bonchev–Trinajstić information content (AvgIpc) is 2.95. The minimum absolute atomic E-state index is 0.0830. The Hall–Kier alpha value is -4.24. The molecule has 5 aromatic carbocycles. The van der Waals surface area contributed by atoms with Gasteiger partial charge in [0, 0.05) is 39.1 Å². The monoisotopic (exact) mass is 514 g/mol. The third-order valence-corrected chi connectivity index (χ3v) is 10.2. The van der Waals surface area contributed by atoms with E-state index in [1.54, 1.807) is 0 Å². The Morgan fingerprint density at radius 1 is 0.550 bits per heavy atom. The van der Waals surface area contributed by atoms with Crippen molar-refractivity contribution in [2.45, 2.75) is 45.4 Å². The van der Waals surface area contributed by atoms with Gasteiger partial charge in [-0.15, -0.1) is 0 Å². The molecule has 192 valence electrons. The molecular formula is C37H31BN2. The third-order valence-electron chi connectivity index (χ3n) is 10.2. The molecule has 40 heavy (non-hydrogen) atoms. The third kappa shape index (κ3) is 2.44. The number of anilines is 5. The molecule has 0 N–H and O–H groups in total. The van der Waals surface area contributed by atoms with Crippen LogP contribution in [-0.2, 0) is 10.8 Å². The number of hydrogen-bond donors (Lipinski definition) is 0. The van der Waals surface area contributed by atoms with Gasteiger partial charge in [0.05, 0.1) is 5.69 Å². The molecule has 4 aliphatic rings. The fourth-order valence-electron chi connectivity index (χ4n) is 8.42. The van der Waals surface area contributed by atoms with Gasteiger partial charge in [0.25, 0.3) is 0 Å². The van der Waals surface area contributed by atoms with E-state index in [1.807, 2.05) is 0 Å². The van der Waals surface area contributed by atoms with Crippen LogP contribution in [0.2, 0.25) is 0 Å². The van der Waals surface area contributed by atoms with Crippen molar-refractivity contribution in [2.75, 3.05) is 9.71 Å². The van der Waals surface area contributed by atoms with Crippen LogP contribution in [-0.4, -0.2) is 6.85 Å². The maximum atomic E-state index is 2.69. The summed E-state index contributed by atoms with van der Waals surface area (Å²) in [5.74, 6) is 0. The van der Waals surface area contributed by atoms with Crippen molar-refractivity contribution in [3.05, 3.63) is 125 Å². The average molecular weight is 514 g/mol. The number of para-hydroxylation sites is 4. The van der Waals surface area contributed by atoms with Gasteiger partial charge in [0.1, 0.15) is 0 Å². The van der Waals surface area contributed by atoms with Crippen molar-refractivity contribution in [2.24, 2.45) is 0 Å². The predicted octanol–water partition coefficient (Wildman–Crippen LogP) is 7.98. The molecule has 0 aliphatic carbocycles. The SMILES string of the molecule is Cc1cc2c3c(c1)N1c4ccccc4C(C)(C)c4cccc(c41)B3N1c3ccccc3C(C)(C)c3cccc-2c31. The summed E-state index contributed by atoms with van der Waals surface area (Å²) in [6, 6.07) is 37.0. The highest BCUT2D eigenvalue weighted by molar-refractivity contribution is 6.93. The van der Waals surface area contributed by atoms with E-state index >= 15 is 0 Å². The minimum Gasteiger partial charge on any atom is -0.376 e. The molecule has 4 aliphatic heterocycles. The first kappa shape index (κ1) is 22.6. The quantitative estimate of drug-likeness (QED) is 0.193. The maximum absolute atomic E-state index is 2.69. The van der Waals surface area contributed by atoms with Gasteiger partial charge >= 0.3 is 6.85 Å². The molecule has 0 aromatic heterocycles. The van der Waals surface area contributed by atoms with Gasteiger partial charge in [-0.05, 0) is 69.4 Å². The molecule has 0 amide bonds. The minimum atomic E-state index is -0.0951. The molecule has 0 fully saturated rings. The Balaban J connectivity index is 1.48. The fraction of sp³-hybridized carbons (Fsp3) is 0.189. The van der Waals surface area contributed by atoms with E-state index in [-0.39, 0.29) is 17.7 Å². The molecule has 0 radical (unpaired) electrons. The van der Waals surface area contributed by atoms with Crippen molar-refractivity contribution in [1.29, 1.82) is 0 Å².